The molecule has 21 heavy (non-hydrogen) atoms. The minimum atomic E-state index is -3.06. The monoisotopic (exact) mass is 310 g/mol. The number of aromatic carboxylic acids is 1. The maximum absolute atomic E-state index is 11.6. The lowest BCUT2D eigenvalue weighted by Gasteiger charge is -2.07. The fourth-order valence-electron chi connectivity index (χ4n) is 2.51. The number of rotatable bonds is 3. The van der Waals surface area contributed by atoms with Crippen LogP contribution in [0.2, 0.25) is 0 Å². The summed E-state index contributed by atoms with van der Waals surface area (Å²) in [5.41, 5.74) is 0.918. The van der Waals surface area contributed by atoms with Gasteiger partial charge in [-0.1, -0.05) is 0 Å². The van der Waals surface area contributed by atoms with E-state index in [1.807, 2.05) is 0 Å². The molecule has 1 N–H and O–H groups in total. The van der Waals surface area contributed by atoms with Crippen LogP contribution in [0.1, 0.15) is 22.8 Å². The maximum atomic E-state index is 11.6. The zero-order chi connectivity index (χ0) is 15.2. The zero-order valence-electron chi connectivity index (χ0n) is 11.3. The van der Waals surface area contributed by atoms with Crippen molar-refractivity contribution in [2.75, 3.05) is 11.5 Å². The predicted molar refractivity (Wildman–Crippen MR) is 73.7 cm³/mol. The number of aryl methyl sites for hydroxylation is 1. The number of carboxylic acids is 1. The first-order valence-corrected chi connectivity index (χ1v) is 8.21. The van der Waals surface area contributed by atoms with Gasteiger partial charge in [0, 0.05) is 19.4 Å². The highest BCUT2D eigenvalue weighted by molar-refractivity contribution is 7.91. The molecule has 1 unspecified atom stereocenters. The average molecular weight is 310 g/mol. The molecule has 1 fully saturated rings. The van der Waals surface area contributed by atoms with Crippen LogP contribution in [0.5, 0.6) is 0 Å². The first-order chi connectivity index (χ1) is 9.87. The fourth-order valence-corrected chi connectivity index (χ4v) is 4.22. The van der Waals surface area contributed by atoms with Crippen LogP contribution in [0.25, 0.3) is 11.4 Å². The Morgan fingerprint density at radius 1 is 1.48 bits per heavy atom. The second-order valence-electron chi connectivity index (χ2n) is 5.07. The summed E-state index contributed by atoms with van der Waals surface area (Å²) in [5.74, 6) is -0.988. The molecular weight excluding hydrogens is 296 g/mol. The molecule has 1 atom stereocenters. The third kappa shape index (κ3) is 2.44. The number of nitrogens with zero attached hydrogens (tertiary/aromatic N) is 4. The van der Waals surface area contributed by atoms with Gasteiger partial charge in [-0.25, -0.2) is 13.2 Å². The van der Waals surface area contributed by atoms with Crippen LogP contribution in [-0.4, -0.2) is 50.6 Å². The van der Waals surface area contributed by atoms with Crippen LogP contribution in [0, 0.1) is 0 Å². The molecule has 3 rings (SSSR count). The second-order valence-corrected chi connectivity index (χ2v) is 7.30. The van der Waals surface area contributed by atoms with Gasteiger partial charge in [-0.2, -0.15) is 10.2 Å². The van der Waals surface area contributed by atoms with Gasteiger partial charge >= 0.3 is 5.97 Å². The normalized spacial score (nSPS) is 20.7. The van der Waals surface area contributed by atoms with Crippen LogP contribution in [-0.2, 0) is 16.9 Å². The molecule has 1 aliphatic heterocycles. The van der Waals surface area contributed by atoms with Crippen molar-refractivity contribution in [1.29, 1.82) is 0 Å². The van der Waals surface area contributed by atoms with E-state index in [9.17, 15) is 18.3 Å². The van der Waals surface area contributed by atoms with Crippen molar-refractivity contribution in [2.24, 2.45) is 7.05 Å². The standard InChI is InChI=1S/C12H14N4O4S/c1-15-10(2-4-13-15)11-9(12(17)18)6-16(14-11)8-3-5-21(19,20)7-8/h2,4,6,8H,3,5,7H2,1H3,(H,17,18). The zero-order valence-corrected chi connectivity index (χ0v) is 12.1. The van der Waals surface area contributed by atoms with E-state index >= 15 is 0 Å². The molecule has 0 aliphatic carbocycles. The molecule has 2 aromatic rings. The highest BCUT2D eigenvalue weighted by Crippen LogP contribution is 2.27. The van der Waals surface area contributed by atoms with Gasteiger partial charge in [-0.15, -0.1) is 0 Å². The molecule has 112 valence electrons. The van der Waals surface area contributed by atoms with Crippen molar-refractivity contribution in [1.82, 2.24) is 19.6 Å². The molecule has 3 heterocycles. The summed E-state index contributed by atoms with van der Waals surface area (Å²) in [5, 5.41) is 17.6. The summed E-state index contributed by atoms with van der Waals surface area (Å²) in [6.07, 6.45) is 3.41. The van der Waals surface area contributed by atoms with Gasteiger partial charge in [0.2, 0.25) is 0 Å². The van der Waals surface area contributed by atoms with Crippen molar-refractivity contribution in [3.8, 4) is 11.4 Å². The number of hydrogen-bond donors (Lipinski definition) is 1. The molecule has 0 radical (unpaired) electrons. The van der Waals surface area contributed by atoms with Gasteiger partial charge < -0.3 is 5.11 Å². The van der Waals surface area contributed by atoms with Crippen molar-refractivity contribution < 1.29 is 18.3 Å². The van der Waals surface area contributed by atoms with Gasteiger partial charge in [-0.05, 0) is 12.5 Å². The van der Waals surface area contributed by atoms with Crippen molar-refractivity contribution in [3.63, 3.8) is 0 Å². The maximum Gasteiger partial charge on any atom is 0.339 e. The van der Waals surface area contributed by atoms with E-state index in [0.717, 1.165) is 0 Å². The summed E-state index contributed by atoms with van der Waals surface area (Å²) in [6.45, 7) is 0. The third-order valence-corrected chi connectivity index (χ3v) is 5.36. The Labute approximate surface area is 120 Å². The van der Waals surface area contributed by atoms with Crippen molar-refractivity contribution in [3.05, 3.63) is 24.0 Å². The van der Waals surface area contributed by atoms with Crippen LogP contribution < -0.4 is 0 Å². The third-order valence-electron chi connectivity index (χ3n) is 3.61. The largest absolute Gasteiger partial charge is 0.478 e. The number of carboxylic acid groups (broad SMARTS) is 1. The lowest BCUT2D eigenvalue weighted by molar-refractivity contribution is 0.0697. The van der Waals surface area contributed by atoms with Gasteiger partial charge in [-0.3, -0.25) is 9.36 Å². The summed E-state index contributed by atoms with van der Waals surface area (Å²) in [7, 11) is -1.36. The molecule has 9 heteroatoms. The lowest BCUT2D eigenvalue weighted by atomic mass is 10.2. The topological polar surface area (TPSA) is 107 Å². The Hall–Kier alpha value is -2.16. The Kier molecular flexibility index (Phi) is 3.08. The van der Waals surface area contributed by atoms with Gasteiger partial charge in [0.1, 0.15) is 11.3 Å². The molecular formula is C12H14N4O4S. The second kappa shape index (κ2) is 4.69. The van der Waals surface area contributed by atoms with Crippen LogP contribution >= 0.6 is 0 Å². The van der Waals surface area contributed by atoms with Crippen molar-refractivity contribution >= 4 is 15.8 Å². The van der Waals surface area contributed by atoms with E-state index in [2.05, 4.69) is 10.2 Å². The number of hydrogen-bond acceptors (Lipinski definition) is 5. The summed E-state index contributed by atoms with van der Waals surface area (Å²) < 4.78 is 26.1. The van der Waals surface area contributed by atoms with E-state index in [-0.39, 0.29) is 23.1 Å². The molecule has 0 bridgehead atoms. The molecule has 8 nitrogen and oxygen atoms in total. The first-order valence-electron chi connectivity index (χ1n) is 6.38. The summed E-state index contributed by atoms with van der Waals surface area (Å²) in [6, 6.07) is 1.36. The number of sulfone groups is 1. The first kappa shape index (κ1) is 13.8. The van der Waals surface area contributed by atoms with Gasteiger partial charge in [0.25, 0.3) is 0 Å². The van der Waals surface area contributed by atoms with E-state index in [0.29, 0.717) is 17.8 Å². The minimum absolute atomic E-state index is 0.00142. The molecule has 1 aliphatic rings. The Morgan fingerprint density at radius 3 is 2.76 bits per heavy atom. The number of aromatic nitrogens is 4. The lowest BCUT2D eigenvalue weighted by Crippen LogP contribution is -2.11. The average Bonchev–Trinajstić information content (AvgIpc) is 3.06. The van der Waals surface area contributed by atoms with E-state index in [4.69, 9.17) is 0 Å². The molecule has 0 aromatic carbocycles. The Balaban J connectivity index is 2.06. The highest BCUT2D eigenvalue weighted by atomic mass is 32.2. The van der Waals surface area contributed by atoms with E-state index in [1.54, 1.807) is 19.3 Å². The molecule has 0 amide bonds. The van der Waals surface area contributed by atoms with Gasteiger partial charge in [0.15, 0.2) is 9.84 Å². The van der Waals surface area contributed by atoms with Crippen molar-refractivity contribution in [2.45, 2.75) is 12.5 Å². The Morgan fingerprint density at radius 2 is 2.24 bits per heavy atom. The molecule has 1 saturated heterocycles. The summed E-state index contributed by atoms with van der Waals surface area (Å²) in [4.78, 5) is 11.4. The van der Waals surface area contributed by atoms with E-state index in [1.165, 1.54) is 15.6 Å². The molecule has 0 saturated carbocycles. The molecule has 2 aromatic heterocycles. The van der Waals surface area contributed by atoms with Crippen LogP contribution in [0.15, 0.2) is 18.5 Å². The SMILES string of the molecule is Cn1nccc1-c1nn(C2CCS(=O)(=O)C2)cc1C(=O)O. The quantitative estimate of drug-likeness (QED) is 0.876. The van der Waals surface area contributed by atoms with Crippen LogP contribution in [0.4, 0.5) is 0 Å². The van der Waals surface area contributed by atoms with Crippen LogP contribution in [0.3, 0.4) is 0 Å². The smallest absolute Gasteiger partial charge is 0.339 e. The minimum Gasteiger partial charge on any atom is -0.478 e. The predicted octanol–water partition coefficient (Wildman–Crippen LogP) is 0.341. The Bertz CT molecular complexity index is 805. The fraction of sp³-hybridized carbons (Fsp3) is 0.417. The molecule has 0 spiro atoms. The summed E-state index contributed by atoms with van der Waals surface area (Å²) >= 11 is 0. The number of carbonyl (C=O) groups is 1. The van der Waals surface area contributed by atoms with E-state index < -0.39 is 15.8 Å². The van der Waals surface area contributed by atoms with Gasteiger partial charge in [0.05, 0.1) is 23.2 Å². The highest BCUT2D eigenvalue weighted by Gasteiger charge is 2.31.